The van der Waals surface area contributed by atoms with Crippen molar-refractivity contribution in [1.82, 2.24) is 4.98 Å². The summed E-state index contributed by atoms with van der Waals surface area (Å²) >= 11 is 0. The van der Waals surface area contributed by atoms with E-state index in [2.05, 4.69) is 48.4 Å². The van der Waals surface area contributed by atoms with Crippen LogP contribution in [0.5, 0.6) is 0 Å². The fourth-order valence-electron chi connectivity index (χ4n) is 3.36. The molecule has 0 atom stereocenters. The van der Waals surface area contributed by atoms with Crippen molar-refractivity contribution in [1.29, 1.82) is 0 Å². The number of amides is 1. The Kier molecular flexibility index (Phi) is 4.17. The number of aryl methyl sites for hydroxylation is 2. The number of carbonyl (C=O) groups is 1. The van der Waals surface area contributed by atoms with Crippen LogP contribution in [0.4, 0.5) is 17.1 Å². The highest BCUT2D eigenvalue weighted by atomic mass is 16.2. The SMILES string of the molecule is Cc1ccc(C)c(Nc2cncc(C(=O)N3CCc4ccccc43)c2)c1. The van der Waals surface area contributed by atoms with Crippen molar-refractivity contribution in [3.8, 4) is 0 Å². The average molecular weight is 343 g/mol. The molecule has 0 spiro atoms. The van der Waals surface area contributed by atoms with Crippen LogP contribution in [0.25, 0.3) is 0 Å². The Morgan fingerprint density at radius 1 is 1.08 bits per heavy atom. The van der Waals surface area contributed by atoms with Crippen LogP contribution in [0.3, 0.4) is 0 Å². The van der Waals surface area contributed by atoms with Gasteiger partial charge in [0.05, 0.1) is 17.4 Å². The highest BCUT2D eigenvalue weighted by Gasteiger charge is 2.25. The minimum absolute atomic E-state index is 0.00735. The van der Waals surface area contributed by atoms with Crippen LogP contribution in [0.1, 0.15) is 27.0 Å². The van der Waals surface area contributed by atoms with Gasteiger partial charge in [0.25, 0.3) is 5.91 Å². The van der Waals surface area contributed by atoms with Gasteiger partial charge in [-0.05, 0) is 55.2 Å². The molecule has 2 heterocycles. The Morgan fingerprint density at radius 2 is 1.92 bits per heavy atom. The number of rotatable bonds is 3. The maximum Gasteiger partial charge on any atom is 0.259 e. The third kappa shape index (κ3) is 3.06. The zero-order chi connectivity index (χ0) is 18.1. The smallest absolute Gasteiger partial charge is 0.259 e. The molecule has 4 rings (SSSR count). The van der Waals surface area contributed by atoms with Crippen LogP contribution in [-0.2, 0) is 6.42 Å². The minimum atomic E-state index is -0.00735. The maximum absolute atomic E-state index is 13.0. The van der Waals surface area contributed by atoms with Gasteiger partial charge < -0.3 is 10.2 Å². The van der Waals surface area contributed by atoms with Crippen LogP contribution in [0.15, 0.2) is 60.9 Å². The first-order valence-corrected chi connectivity index (χ1v) is 8.81. The molecule has 1 N–H and O–H groups in total. The van der Waals surface area contributed by atoms with Gasteiger partial charge in [0.15, 0.2) is 0 Å². The summed E-state index contributed by atoms with van der Waals surface area (Å²) in [4.78, 5) is 19.1. The van der Waals surface area contributed by atoms with Crippen LogP contribution in [0, 0.1) is 13.8 Å². The Bertz CT molecular complexity index is 981. The monoisotopic (exact) mass is 343 g/mol. The van der Waals surface area contributed by atoms with E-state index in [9.17, 15) is 4.79 Å². The van der Waals surface area contributed by atoms with Crippen molar-refractivity contribution < 1.29 is 4.79 Å². The Labute approximate surface area is 153 Å². The van der Waals surface area contributed by atoms with E-state index in [1.54, 1.807) is 12.4 Å². The first-order valence-electron chi connectivity index (χ1n) is 8.81. The number of carbonyl (C=O) groups excluding carboxylic acids is 1. The summed E-state index contributed by atoms with van der Waals surface area (Å²) in [6, 6.07) is 16.2. The molecule has 0 unspecified atom stereocenters. The highest BCUT2D eigenvalue weighted by Crippen LogP contribution is 2.29. The lowest BCUT2D eigenvalue weighted by Crippen LogP contribution is -2.29. The molecule has 0 fully saturated rings. The number of hydrogen-bond acceptors (Lipinski definition) is 3. The van der Waals surface area contributed by atoms with Crippen LogP contribution < -0.4 is 10.2 Å². The number of para-hydroxylation sites is 1. The number of pyridine rings is 1. The summed E-state index contributed by atoms with van der Waals surface area (Å²) in [5, 5.41) is 3.38. The summed E-state index contributed by atoms with van der Waals surface area (Å²) in [5.74, 6) is -0.00735. The lowest BCUT2D eigenvalue weighted by atomic mass is 10.1. The van der Waals surface area contributed by atoms with E-state index in [4.69, 9.17) is 0 Å². The van der Waals surface area contributed by atoms with Crippen molar-refractivity contribution in [3.63, 3.8) is 0 Å². The maximum atomic E-state index is 13.0. The third-order valence-electron chi connectivity index (χ3n) is 4.79. The molecule has 130 valence electrons. The second kappa shape index (κ2) is 6.64. The molecule has 1 aliphatic rings. The molecule has 0 bridgehead atoms. The molecule has 0 saturated heterocycles. The van der Waals surface area contributed by atoms with Gasteiger partial charge in [-0.25, -0.2) is 0 Å². The Morgan fingerprint density at radius 3 is 2.81 bits per heavy atom. The summed E-state index contributed by atoms with van der Waals surface area (Å²) < 4.78 is 0. The number of nitrogens with one attached hydrogen (secondary N) is 1. The van der Waals surface area contributed by atoms with Crippen molar-refractivity contribution in [2.75, 3.05) is 16.8 Å². The standard InChI is InChI=1S/C22H21N3O/c1-15-7-8-16(2)20(11-15)24-19-12-18(13-23-14-19)22(26)25-10-9-17-5-3-4-6-21(17)25/h3-8,11-14,24H,9-10H2,1-2H3. The molecule has 4 nitrogen and oxygen atoms in total. The normalized spacial score (nSPS) is 12.8. The lowest BCUT2D eigenvalue weighted by molar-refractivity contribution is 0.0989. The minimum Gasteiger partial charge on any atom is -0.354 e. The van der Waals surface area contributed by atoms with Crippen molar-refractivity contribution >= 4 is 23.0 Å². The highest BCUT2D eigenvalue weighted by molar-refractivity contribution is 6.07. The fourth-order valence-corrected chi connectivity index (χ4v) is 3.36. The van der Waals surface area contributed by atoms with Crippen molar-refractivity contribution in [2.24, 2.45) is 0 Å². The summed E-state index contributed by atoms with van der Waals surface area (Å²) in [5.41, 5.74) is 7.01. The summed E-state index contributed by atoms with van der Waals surface area (Å²) in [6.07, 6.45) is 4.28. The van der Waals surface area contributed by atoms with E-state index in [-0.39, 0.29) is 5.91 Å². The quantitative estimate of drug-likeness (QED) is 0.753. The molecular formula is C22H21N3O. The largest absolute Gasteiger partial charge is 0.354 e. The number of nitrogens with zero attached hydrogens (tertiary/aromatic N) is 2. The number of benzene rings is 2. The molecule has 4 heteroatoms. The first-order chi connectivity index (χ1) is 12.6. The van der Waals surface area contributed by atoms with Gasteiger partial charge in [-0.3, -0.25) is 9.78 Å². The predicted molar refractivity (Wildman–Crippen MR) is 105 cm³/mol. The molecular weight excluding hydrogens is 322 g/mol. The number of anilines is 3. The molecule has 0 aliphatic carbocycles. The van der Waals surface area contributed by atoms with Gasteiger partial charge in [-0.2, -0.15) is 0 Å². The van der Waals surface area contributed by atoms with Gasteiger partial charge in [-0.1, -0.05) is 30.3 Å². The first kappa shape index (κ1) is 16.3. The number of fused-ring (bicyclic) bond motifs is 1. The molecule has 3 aromatic rings. The molecule has 1 amide bonds. The van der Waals surface area contributed by atoms with E-state index in [1.807, 2.05) is 29.2 Å². The number of hydrogen-bond donors (Lipinski definition) is 1. The lowest BCUT2D eigenvalue weighted by Gasteiger charge is -2.18. The summed E-state index contributed by atoms with van der Waals surface area (Å²) in [6.45, 7) is 4.84. The van der Waals surface area contributed by atoms with Crippen molar-refractivity contribution in [2.45, 2.75) is 20.3 Å². The zero-order valence-electron chi connectivity index (χ0n) is 15.0. The van der Waals surface area contributed by atoms with E-state index in [0.29, 0.717) is 12.1 Å². The van der Waals surface area contributed by atoms with E-state index < -0.39 is 0 Å². The third-order valence-corrected chi connectivity index (χ3v) is 4.79. The number of aromatic nitrogens is 1. The molecule has 0 saturated carbocycles. The second-order valence-corrected chi connectivity index (χ2v) is 6.74. The van der Waals surface area contributed by atoms with E-state index in [0.717, 1.165) is 29.0 Å². The topological polar surface area (TPSA) is 45.2 Å². The van der Waals surface area contributed by atoms with Crippen molar-refractivity contribution in [3.05, 3.63) is 83.2 Å². The van der Waals surface area contributed by atoms with Crippen LogP contribution in [0.2, 0.25) is 0 Å². The van der Waals surface area contributed by atoms with E-state index in [1.165, 1.54) is 11.1 Å². The molecule has 1 aliphatic heterocycles. The predicted octanol–water partition coefficient (Wildman–Crippen LogP) is 4.64. The van der Waals surface area contributed by atoms with Gasteiger partial charge in [0.1, 0.15) is 0 Å². The molecule has 1 aromatic heterocycles. The Hall–Kier alpha value is -3.14. The van der Waals surface area contributed by atoms with Gasteiger partial charge in [0, 0.05) is 24.1 Å². The molecule has 2 aromatic carbocycles. The molecule has 26 heavy (non-hydrogen) atoms. The van der Waals surface area contributed by atoms with Crippen LogP contribution >= 0.6 is 0 Å². The average Bonchev–Trinajstić information content (AvgIpc) is 3.08. The second-order valence-electron chi connectivity index (χ2n) is 6.74. The molecule has 0 radical (unpaired) electrons. The van der Waals surface area contributed by atoms with Crippen LogP contribution in [-0.4, -0.2) is 17.4 Å². The van der Waals surface area contributed by atoms with E-state index >= 15 is 0 Å². The van der Waals surface area contributed by atoms with Gasteiger partial charge >= 0.3 is 0 Å². The summed E-state index contributed by atoms with van der Waals surface area (Å²) in [7, 11) is 0. The van der Waals surface area contributed by atoms with Gasteiger partial charge in [-0.15, -0.1) is 0 Å². The van der Waals surface area contributed by atoms with Gasteiger partial charge in [0.2, 0.25) is 0 Å². The Balaban J connectivity index is 1.60. The fraction of sp³-hybridized carbons (Fsp3) is 0.182. The zero-order valence-corrected chi connectivity index (χ0v) is 15.0.